The number of benzene rings is 1. The van der Waals surface area contributed by atoms with Crippen molar-refractivity contribution in [2.45, 2.75) is 70.7 Å². The first-order chi connectivity index (χ1) is 14.6. The van der Waals surface area contributed by atoms with Gasteiger partial charge < -0.3 is 0 Å². The van der Waals surface area contributed by atoms with E-state index in [0.717, 1.165) is 30.8 Å². The lowest BCUT2D eigenvalue weighted by molar-refractivity contribution is 0.181. The number of piperazine rings is 1. The summed E-state index contributed by atoms with van der Waals surface area (Å²) in [6, 6.07) is 8.27. The minimum Gasteiger partial charge on any atom is -0.296 e. The van der Waals surface area contributed by atoms with Crippen LogP contribution in [0.4, 0.5) is 0 Å². The van der Waals surface area contributed by atoms with Crippen molar-refractivity contribution >= 4 is 10.0 Å². The van der Waals surface area contributed by atoms with Crippen LogP contribution in [-0.4, -0.2) is 48.8 Å². The summed E-state index contributed by atoms with van der Waals surface area (Å²) in [5.74, 6) is 0.659. The largest absolute Gasteiger partial charge is 0.296 e. The van der Waals surface area contributed by atoms with E-state index in [1.807, 2.05) is 12.1 Å². The molecule has 2 heterocycles. The Labute approximate surface area is 188 Å². The van der Waals surface area contributed by atoms with Crippen molar-refractivity contribution in [2.75, 3.05) is 26.2 Å². The molecule has 0 aliphatic carbocycles. The van der Waals surface area contributed by atoms with Crippen molar-refractivity contribution in [1.82, 2.24) is 14.2 Å². The Kier molecular flexibility index (Phi) is 7.55. The molecule has 1 aromatic heterocycles. The Morgan fingerprint density at radius 2 is 1.35 bits per heavy atom. The third-order valence-electron chi connectivity index (χ3n) is 6.16. The first kappa shape index (κ1) is 23.9. The smallest absolute Gasteiger partial charge is 0.243 e. The van der Waals surface area contributed by atoms with Gasteiger partial charge in [-0.1, -0.05) is 53.7 Å². The molecule has 1 saturated heterocycles. The number of hydrogen-bond acceptors (Lipinski definition) is 4. The zero-order valence-electron chi connectivity index (χ0n) is 19.8. The highest BCUT2D eigenvalue weighted by Crippen LogP contribution is 2.36. The van der Waals surface area contributed by atoms with Gasteiger partial charge in [0.25, 0.3) is 0 Å². The molecule has 0 unspecified atom stereocenters. The molecular weight excluding hydrogens is 406 g/mol. The molecule has 0 bridgehead atoms. The van der Waals surface area contributed by atoms with E-state index in [4.69, 9.17) is 0 Å². The molecule has 0 amide bonds. The number of hydrogen-bond donors (Lipinski definition) is 0. The fourth-order valence-electron chi connectivity index (χ4n) is 4.19. The van der Waals surface area contributed by atoms with Crippen molar-refractivity contribution in [2.24, 2.45) is 0 Å². The monoisotopic (exact) mass is 443 g/mol. The van der Waals surface area contributed by atoms with Crippen LogP contribution in [0.15, 0.2) is 41.6 Å². The van der Waals surface area contributed by atoms with Gasteiger partial charge in [0.05, 0.1) is 4.90 Å². The van der Waals surface area contributed by atoms with E-state index in [1.54, 1.807) is 16.7 Å². The molecule has 1 fully saturated rings. The van der Waals surface area contributed by atoms with Gasteiger partial charge in [-0.05, 0) is 52.1 Å². The molecule has 3 rings (SSSR count). The second-order valence-corrected chi connectivity index (χ2v) is 11.4. The molecule has 0 spiro atoms. The average molecular weight is 444 g/mol. The predicted molar refractivity (Wildman–Crippen MR) is 127 cm³/mol. The van der Waals surface area contributed by atoms with E-state index in [2.05, 4.69) is 63.6 Å². The first-order valence-corrected chi connectivity index (χ1v) is 12.8. The maximum Gasteiger partial charge on any atom is 0.243 e. The SMILES string of the molecule is CC(C)c1cc(C(C)C)c(S(=O)(=O)N2CCN(Cc3ccncc3)CC2)c(C(C)C)c1. The van der Waals surface area contributed by atoms with Crippen LogP contribution in [0.1, 0.15) is 81.5 Å². The summed E-state index contributed by atoms with van der Waals surface area (Å²) < 4.78 is 29.5. The van der Waals surface area contributed by atoms with Crippen molar-refractivity contribution in [1.29, 1.82) is 0 Å². The Hall–Kier alpha value is -1.76. The fourth-order valence-corrected chi connectivity index (χ4v) is 6.28. The minimum absolute atomic E-state index is 0.147. The van der Waals surface area contributed by atoms with Crippen LogP contribution < -0.4 is 0 Å². The van der Waals surface area contributed by atoms with Gasteiger partial charge in [-0.3, -0.25) is 9.88 Å². The summed E-state index contributed by atoms with van der Waals surface area (Å²) in [5.41, 5.74) is 4.33. The summed E-state index contributed by atoms with van der Waals surface area (Å²) >= 11 is 0. The fraction of sp³-hybridized carbons (Fsp3) is 0.560. The predicted octanol–water partition coefficient (Wildman–Crippen LogP) is 4.96. The summed E-state index contributed by atoms with van der Waals surface area (Å²) in [6.07, 6.45) is 3.61. The van der Waals surface area contributed by atoms with E-state index in [0.29, 0.717) is 23.9 Å². The van der Waals surface area contributed by atoms with Crippen LogP contribution in [0, 0.1) is 0 Å². The molecule has 1 aliphatic rings. The lowest BCUT2D eigenvalue weighted by Gasteiger charge is -2.35. The summed E-state index contributed by atoms with van der Waals surface area (Å²) in [6.45, 7) is 16.0. The molecule has 31 heavy (non-hydrogen) atoms. The Morgan fingerprint density at radius 1 is 0.839 bits per heavy atom. The summed E-state index contributed by atoms with van der Waals surface area (Å²) in [7, 11) is -3.56. The van der Waals surface area contributed by atoms with E-state index in [-0.39, 0.29) is 11.8 Å². The van der Waals surface area contributed by atoms with Crippen molar-refractivity contribution in [3.63, 3.8) is 0 Å². The van der Waals surface area contributed by atoms with Crippen molar-refractivity contribution < 1.29 is 8.42 Å². The standard InChI is InChI=1S/C25H37N3O2S/c1-18(2)22-15-23(19(3)4)25(24(16-22)20(5)6)31(29,30)28-13-11-27(12-14-28)17-21-7-9-26-10-8-21/h7-10,15-16,18-20H,11-14,17H2,1-6H3. The molecule has 1 aromatic carbocycles. The topological polar surface area (TPSA) is 53.5 Å². The highest BCUT2D eigenvalue weighted by atomic mass is 32.2. The first-order valence-electron chi connectivity index (χ1n) is 11.4. The minimum atomic E-state index is -3.56. The second-order valence-electron chi connectivity index (χ2n) is 9.53. The van der Waals surface area contributed by atoms with Crippen LogP contribution in [0.3, 0.4) is 0 Å². The van der Waals surface area contributed by atoms with Gasteiger partial charge in [0.15, 0.2) is 0 Å². The Morgan fingerprint density at radius 3 is 1.81 bits per heavy atom. The van der Waals surface area contributed by atoms with Crippen molar-refractivity contribution in [3.8, 4) is 0 Å². The van der Waals surface area contributed by atoms with Gasteiger partial charge in [0.1, 0.15) is 0 Å². The summed E-state index contributed by atoms with van der Waals surface area (Å²) in [5, 5.41) is 0. The lowest BCUT2D eigenvalue weighted by atomic mass is 9.89. The molecule has 0 atom stereocenters. The molecule has 6 heteroatoms. The van der Waals surface area contributed by atoms with Gasteiger partial charge in [0.2, 0.25) is 10.0 Å². The number of sulfonamides is 1. The van der Waals surface area contributed by atoms with Crippen LogP contribution in [0.5, 0.6) is 0 Å². The van der Waals surface area contributed by atoms with Gasteiger partial charge in [-0.15, -0.1) is 0 Å². The van der Waals surface area contributed by atoms with E-state index in [1.165, 1.54) is 11.1 Å². The lowest BCUT2D eigenvalue weighted by Crippen LogP contribution is -2.48. The van der Waals surface area contributed by atoms with E-state index >= 15 is 0 Å². The Balaban J connectivity index is 1.89. The molecule has 0 saturated carbocycles. The second kappa shape index (κ2) is 9.80. The van der Waals surface area contributed by atoms with Gasteiger partial charge in [0, 0.05) is 45.1 Å². The van der Waals surface area contributed by atoms with Gasteiger partial charge in [-0.2, -0.15) is 4.31 Å². The third kappa shape index (κ3) is 5.36. The number of aromatic nitrogens is 1. The highest BCUT2D eigenvalue weighted by molar-refractivity contribution is 7.89. The van der Waals surface area contributed by atoms with Crippen LogP contribution in [0.2, 0.25) is 0 Å². The molecule has 5 nitrogen and oxygen atoms in total. The van der Waals surface area contributed by atoms with Gasteiger partial charge in [-0.25, -0.2) is 8.42 Å². The molecule has 1 aliphatic heterocycles. The Bertz CT molecular complexity index is 948. The molecule has 0 N–H and O–H groups in total. The normalized spacial score (nSPS) is 16.5. The van der Waals surface area contributed by atoms with E-state index < -0.39 is 10.0 Å². The van der Waals surface area contributed by atoms with Crippen LogP contribution in [-0.2, 0) is 16.6 Å². The number of pyridine rings is 1. The zero-order chi connectivity index (χ0) is 22.8. The number of nitrogens with zero attached hydrogens (tertiary/aromatic N) is 3. The van der Waals surface area contributed by atoms with Crippen LogP contribution in [0.25, 0.3) is 0 Å². The molecular formula is C25H37N3O2S. The molecule has 170 valence electrons. The number of rotatable bonds is 7. The quantitative estimate of drug-likeness (QED) is 0.607. The molecule has 2 aromatic rings. The zero-order valence-corrected chi connectivity index (χ0v) is 20.6. The van der Waals surface area contributed by atoms with Crippen molar-refractivity contribution in [3.05, 3.63) is 58.9 Å². The third-order valence-corrected chi connectivity index (χ3v) is 8.20. The maximum atomic E-state index is 13.9. The van der Waals surface area contributed by atoms with Crippen LogP contribution >= 0.6 is 0 Å². The average Bonchev–Trinajstić information content (AvgIpc) is 2.73. The molecule has 0 radical (unpaired) electrons. The summed E-state index contributed by atoms with van der Waals surface area (Å²) in [4.78, 5) is 6.93. The van der Waals surface area contributed by atoms with Gasteiger partial charge >= 0.3 is 0 Å². The van der Waals surface area contributed by atoms with E-state index in [9.17, 15) is 8.42 Å². The highest BCUT2D eigenvalue weighted by Gasteiger charge is 2.34. The maximum absolute atomic E-state index is 13.9.